The molecule has 1 aliphatic heterocycles. The molecule has 3 unspecified atom stereocenters. The van der Waals surface area contributed by atoms with Crippen LogP contribution in [0.5, 0.6) is 0 Å². The van der Waals surface area contributed by atoms with Gasteiger partial charge in [0.25, 0.3) is 5.91 Å². The third kappa shape index (κ3) is 3.29. The van der Waals surface area contributed by atoms with Crippen LogP contribution in [0.3, 0.4) is 0 Å². The van der Waals surface area contributed by atoms with Gasteiger partial charge in [0.1, 0.15) is 0 Å². The first kappa shape index (κ1) is 17.3. The average molecular weight is 405 g/mol. The summed E-state index contributed by atoms with van der Waals surface area (Å²) in [5.74, 6) is -1.69. The highest BCUT2D eigenvalue weighted by Gasteiger charge is 2.54. The first-order valence-corrected chi connectivity index (χ1v) is 8.40. The number of nitrogens with one attached hydrogen (secondary N) is 1. The summed E-state index contributed by atoms with van der Waals surface area (Å²) >= 11 is 3.36. The Balaban J connectivity index is 1.72. The van der Waals surface area contributed by atoms with Crippen molar-refractivity contribution in [3.8, 4) is 0 Å². The number of piperidine rings is 1. The zero-order valence-electron chi connectivity index (χ0n) is 12.9. The number of likely N-dealkylation sites (tertiary alicyclic amines) is 1. The quantitative estimate of drug-likeness (QED) is 0.841. The Morgan fingerprint density at radius 2 is 2.08 bits per heavy atom. The molecular formula is C16H16BrF3N2O2. The predicted molar refractivity (Wildman–Crippen MR) is 84.4 cm³/mol. The van der Waals surface area contributed by atoms with Crippen molar-refractivity contribution < 1.29 is 22.8 Å². The van der Waals surface area contributed by atoms with E-state index in [4.69, 9.17) is 0 Å². The standard InChI is InChI=1S/C16H16BrF3N2O2/c1-8-2-3-10(12(17)4-8)14(23)22-7-9-5-11(9)13(22)6-21-15(24)16(18,19)20/h2-4,9,11,13H,5-7H2,1H3,(H,21,24). The Kier molecular flexibility index (Phi) is 4.36. The Morgan fingerprint density at radius 3 is 2.71 bits per heavy atom. The summed E-state index contributed by atoms with van der Waals surface area (Å²) in [6.07, 6.45) is -4.01. The zero-order chi connectivity index (χ0) is 17.6. The Labute approximate surface area is 145 Å². The largest absolute Gasteiger partial charge is 0.471 e. The van der Waals surface area contributed by atoms with Crippen molar-refractivity contribution in [3.05, 3.63) is 33.8 Å². The molecule has 24 heavy (non-hydrogen) atoms. The minimum absolute atomic E-state index is 0.172. The number of nitrogens with zero attached hydrogens (tertiary/aromatic N) is 1. The molecule has 3 rings (SSSR count). The first-order valence-electron chi connectivity index (χ1n) is 7.60. The third-order valence-electron chi connectivity index (χ3n) is 4.65. The lowest BCUT2D eigenvalue weighted by Crippen LogP contribution is -2.48. The molecule has 1 aromatic carbocycles. The number of carbonyl (C=O) groups excluding carboxylic acids is 2. The molecule has 0 bridgehead atoms. The van der Waals surface area contributed by atoms with Gasteiger partial charge in [0.05, 0.1) is 11.6 Å². The SMILES string of the molecule is Cc1ccc(C(=O)N2CC3CC3C2CNC(=O)C(F)(F)F)c(Br)c1. The maximum absolute atomic E-state index is 12.8. The van der Waals surface area contributed by atoms with Gasteiger partial charge in [-0.2, -0.15) is 13.2 Å². The van der Waals surface area contributed by atoms with Crippen molar-refractivity contribution in [2.75, 3.05) is 13.1 Å². The summed E-state index contributed by atoms with van der Waals surface area (Å²) in [5, 5.41) is 1.91. The molecule has 0 aromatic heterocycles. The van der Waals surface area contributed by atoms with E-state index in [2.05, 4.69) is 15.9 Å². The minimum atomic E-state index is -4.91. The molecule has 1 aromatic rings. The van der Waals surface area contributed by atoms with Gasteiger partial charge in [-0.25, -0.2) is 0 Å². The number of hydrogen-bond donors (Lipinski definition) is 1. The zero-order valence-corrected chi connectivity index (χ0v) is 14.4. The fraction of sp³-hybridized carbons (Fsp3) is 0.500. The van der Waals surface area contributed by atoms with E-state index in [1.165, 1.54) is 0 Å². The van der Waals surface area contributed by atoms with Crippen molar-refractivity contribution in [2.45, 2.75) is 25.6 Å². The molecule has 0 spiro atoms. The second-order valence-electron chi connectivity index (χ2n) is 6.38. The molecule has 1 saturated carbocycles. The third-order valence-corrected chi connectivity index (χ3v) is 5.30. The summed E-state index contributed by atoms with van der Waals surface area (Å²) in [7, 11) is 0. The Morgan fingerprint density at radius 1 is 1.38 bits per heavy atom. The normalized spacial score (nSPS) is 25.4. The van der Waals surface area contributed by atoms with Gasteiger partial charge in [-0.05, 0) is 58.8 Å². The fourth-order valence-corrected chi connectivity index (χ4v) is 3.98. The number of aryl methyl sites for hydroxylation is 1. The number of carbonyl (C=O) groups is 2. The van der Waals surface area contributed by atoms with E-state index >= 15 is 0 Å². The molecule has 2 aliphatic rings. The van der Waals surface area contributed by atoms with E-state index in [0.717, 1.165) is 12.0 Å². The van der Waals surface area contributed by atoms with E-state index in [1.807, 2.05) is 24.4 Å². The summed E-state index contributed by atoms with van der Waals surface area (Å²) in [5.41, 5.74) is 1.48. The second kappa shape index (κ2) is 6.06. The number of rotatable bonds is 3. The first-order chi connectivity index (χ1) is 11.2. The molecule has 1 saturated heterocycles. The fourth-order valence-electron chi connectivity index (χ4n) is 3.31. The van der Waals surface area contributed by atoms with Gasteiger partial charge in [-0.1, -0.05) is 6.07 Å². The Hall–Kier alpha value is -1.57. The monoisotopic (exact) mass is 404 g/mol. The maximum Gasteiger partial charge on any atom is 0.471 e. The summed E-state index contributed by atoms with van der Waals surface area (Å²) < 4.78 is 37.7. The van der Waals surface area contributed by atoms with Crippen molar-refractivity contribution in [1.29, 1.82) is 0 Å². The molecule has 1 aliphatic carbocycles. The molecular weight excluding hydrogens is 389 g/mol. The summed E-state index contributed by atoms with van der Waals surface area (Å²) in [6, 6.07) is 4.96. The topological polar surface area (TPSA) is 49.4 Å². The number of benzene rings is 1. The van der Waals surface area contributed by atoms with Crippen LogP contribution >= 0.6 is 15.9 Å². The molecule has 1 N–H and O–H groups in total. The van der Waals surface area contributed by atoms with E-state index in [1.54, 1.807) is 11.0 Å². The molecule has 0 radical (unpaired) electrons. The van der Waals surface area contributed by atoms with E-state index < -0.39 is 12.1 Å². The number of fused-ring (bicyclic) bond motifs is 1. The van der Waals surface area contributed by atoms with E-state index in [9.17, 15) is 22.8 Å². The molecule has 130 valence electrons. The average Bonchev–Trinajstić information content (AvgIpc) is 3.16. The number of halogens is 4. The minimum Gasteiger partial charge on any atom is -0.346 e. The van der Waals surface area contributed by atoms with Crippen LogP contribution in [0.25, 0.3) is 0 Å². The number of hydrogen-bond acceptors (Lipinski definition) is 2. The van der Waals surface area contributed by atoms with Gasteiger partial charge in [0, 0.05) is 17.6 Å². The Bertz CT molecular complexity index is 692. The smallest absolute Gasteiger partial charge is 0.346 e. The molecule has 3 atom stereocenters. The molecule has 2 amide bonds. The lowest BCUT2D eigenvalue weighted by atomic mass is 10.1. The van der Waals surface area contributed by atoms with Crippen LogP contribution in [-0.2, 0) is 4.79 Å². The van der Waals surface area contributed by atoms with Gasteiger partial charge in [-0.3, -0.25) is 9.59 Å². The summed E-state index contributed by atoms with van der Waals surface area (Å²) in [4.78, 5) is 25.4. The second-order valence-corrected chi connectivity index (χ2v) is 7.23. The van der Waals surface area contributed by atoms with Gasteiger partial charge in [0.2, 0.25) is 0 Å². The number of amides is 2. The lowest BCUT2D eigenvalue weighted by molar-refractivity contribution is -0.173. The van der Waals surface area contributed by atoms with Crippen molar-refractivity contribution in [3.63, 3.8) is 0 Å². The van der Waals surface area contributed by atoms with Crippen LogP contribution in [0.2, 0.25) is 0 Å². The van der Waals surface area contributed by atoms with Crippen LogP contribution in [0, 0.1) is 18.8 Å². The molecule has 1 heterocycles. The van der Waals surface area contributed by atoms with Gasteiger partial charge < -0.3 is 10.2 Å². The van der Waals surface area contributed by atoms with Crippen molar-refractivity contribution >= 4 is 27.7 Å². The lowest BCUT2D eigenvalue weighted by Gasteiger charge is -2.28. The van der Waals surface area contributed by atoms with Gasteiger partial charge in [-0.15, -0.1) is 0 Å². The molecule has 8 heteroatoms. The highest BCUT2D eigenvalue weighted by atomic mass is 79.9. The van der Waals surface area contributed by atoms with E-state index in [0.29, 0.717) is 22.5 Å². The van der Waals surface area contributed by atoms with E-state index in [-0.39, 0.29) is 24.4 Å². The van der Waals surface area contributed by atoms with Gasteiger partial charge >= 0.3 is 12.1 Å². The van der Waals surface area contributed by atoms with Crippen molar-refractivity contribution in [1.82, 2.24) is 10.2 Å². The predicted octanol–water partition coefficient (Wildman–Crippen LogP) is 2.90. The van der Waals surface area contributed by atoms with Crippen LogP contribution < -0.4 is 5.32 Å². The van der Waals surface area contributed by atoms with Crippen LogP contribution in [0.4, 0.5) is 13.2 Å². The van der Waals surface area contributed by atoms with Crippen molar-refractivity contribution in [2.24, 2.45) is 11.8 Å². The summed E-state index contributed by atoms with van der Waals surface area (Å²) in [6.45, 7) is 2.25. The maximum atomic E-state index is 12.8. The van der Waals surface area contributed by atoms with Crippen LogP contribution in [-0.4, -0.2) is 42.0 Å². The van der Waals surface area contributed by atoms with Gasteiger partial charge in [0.15, 0.2) is 0 Å². The van der Waals surface area contributed by atoms with Crippen LogP contribution in [0.15, 0.2) is 22.7 Å². The van der Waals surface area contributed by atoms with Crippen LogP contribution in [0.1, 0.15) is 22.3 Å². The number of alkyl halides is 3. The highest BCUT2D eigenvalue weighted by Crippen LogP contribution is 2.49. The molecule has 2 fully saturated rings. The highest BCUT2D eigenvalue weighted by molar-refractivity contribution is 9.10. The molecule has 4 nitrogen and oxygen atoms in total.